The molecule has 124 valence electrons. The Morgan fingerprint density at radius 2 is 1.82 bits per heavy atom. The highest BCUT2D eigenvalue weighted by atomic mass is 16.5. The maximum Gasteiger partial charge on any atom is 0.335 e. The summed E-state index contributed by atoms with van der Waals surface area (Å²) >= 11 is 0. The second kappa shape index (κ2) is 11.1. The molecule has 0 bridgehead atoms. The van der Waals surface area contributed by atoms with Crippen LogP contribution in [0.3, 0.4) is 0 Å². The maximum absolute atomic E-state index is 10.7. The quantitative estimate of drug-likeness (QED) is 0.576. The second-order valence-electron chi connectivity index (χ2n) is 5.56. The maximum atomic E-state index is 10.7. The van der Waals surface area contributed by atoms with Crippen LogP contribution in [0.1, 0.15) is 62.7 Å². The van der Waals surface area contributed by atoms with Crippen LogP contribution >= 0.6 is 0 Å². The van der Waals surface area contributed by atoms with E-state index in [2.05, 4.69) is 13.8 Å². The zero-order valence-corrected chi connectivity index (χ0v) is 13.7. The summed E-state index contributed by atoms with van der Waals surface area (Å²) in [6.45, 7) is 5.61. The largest absolute Gasteiger partial charge is 0.494 e. The molecule has 0 radical (unpaired) electrons. The van der Waals surface area contributed by atoms with Crippen molar-refractivity contribution in [1.82, 2.24) is 0 Å². The van der Waals surface area contributed by atoms with Gasteiger partial charge in [-0.15, -0.1) is 0 Å². The molecule has 4 heteroatoms. The topological polar surface area (TPSA) is 55.8 Å². The van der Waals surface area contributed by atoms with Crippen LogP contribution in [0.25, 0.3) is 0 Å². The molecule has 1 aromatic carbocycles. The molecule has 0 spiro atoms. The summed E-state index contributed by atoms with van der Waals surface area (Å²) in [5.74, 6) is -0.231. The minimum atomic E-state index is -0.923. The van der Waals surface area contributed by atoms with E-state index in [9.17, 15) is 4.79 Å². The molecular formula is C18H28O4. The van der Waals surface area contributed by atoms with Gasteiger partial charge in [0, 0.05) is 6.42 Å². The molecule has 0 aliphatic rings. The molecule has 0 heterocycles. The van der Waals surface area contributed by atoms with Gasteiger partial charge in [-0.3, -0.25) is 0 Å². The first-order valence-corrected chi connectivity index (χ1v) is 8.21. The minimum Gasteiger partial charge on any atom is -0.494 e. The van der Waals surface area contributed by atoms with E-state index in [0.717, 1.165) is 12.8 Å². The normalized spacial score (nSPS) is 12.1. The molecule has 1 unspecified atom stereocenters. The van der Waals surface area contributed by atoms with Crippen molar-refractivity contribution in [3.63, 3.8) is 0 Å². The first kappa shape index (κ1) is 18.5. The monoisotopic (exact) mass is 308 g/mol. The van der Waals surface area contributed by atoms with Crippen LogP contribution in [0.15, 0.2) is 24.3 Å². The van der Waals surface area contributed by atoms with Gasteiger partial charge in [0.05, 0.1) is 24.9 Å². The van der Waals surface area contributed by atoms with Crippen molar-refractivity contribution in [2.24, 2.45) is 0 Å². The predicted molar refractivity (Wildman–Crippen MR) is 87.7 cm³/mol. The molecule has 1 aromatic rings. The van der Waals surface area contributed by atoms with E-state index < -0.39 is 5.97 Å². The molecule has 0 saturated heterocycles. The lowest BCUT2D eigenvalue weighted by Crippen LogP contribution is -2.11. The fraction of sp³-hybridized carbons (Fsp3) is 0.611. The van der Waals surface area contributed by atoms with Gasteiger partial charge < -0.3 is 14.6 Å². The average molecular weight is 308 g/mol. The number of carbonyl (C=O) groups is 1. The second-order valence-corrected chi connectivity index (χ2v) is 5.56. The van der Waals surface area contributed by atoms with Crippen molar-refractivity contribution < 1.29 is 19.4 Å². The zero-order valence-electron chi connectivity index (χ0n) is 13.7. The molecule has 0 aromatic heterocycles. The van der Waals surface area contributed by atoms with E-state index in [1.807, 2.05) is 0 Å². The summed E-state index contributed by atoms with van der Waals surface area (Å²) in [5, 5.41) is 8.81. The van der Waals surface area contributed by atoms with E-state index in [-0.39, 0.29) is 5.56 Å². The fourth-order valence-corrected chi connectivity index (χ4v) is 2.17. The summed E-state index contributed by atoms with van der Waals surface area (Å²) in [6.07, 6.45) is 7.37. The number of hydrogen-bond acceptors (Lipinski definition) is 3. The SMILES string of the molecule is CCCCCCC(C)OCCCOc1ccc(C(=O)O)cc1. The van der Waals surface area contributed by atoms with Gasteiger partial charge in [0.2, 0.25) is 0 Å². The van der Waals surface area contributed by atoms with Crippen LogP contribution in [0.4, 0.5) is 0 Å². The number of carboxylic acid groups (broad SMARTS) is 1. The summed E-state index contributed by atoms with van der Waals surface area (Å²) in [7, 11) is 0. The third kappa shape index (κ3) is 8.03. The molecule has 1 atom stereocenters. The number of benzene rings is 1. The molecule has 1 N–H and O–H groups in total. The molecule has 0 amide bonds. The van der Waals surface area contributed by atoms with Gasteiger partial charge in [0.15, 0.2) is 0 Å². The average Bonchev–Trinajstić information content (AvgIpc) is 2.51. The third-order valence-corrected chi connectivity index (χ3v) is 3.53. The highest BCUT2D eigenvalue weighted by molar-refractivity contribution is 5.87. The minimum absolute atomic E-state index is 0.271. The number of unbranched alkanes of at least 4 members (excludes halogenated alkanes) is 3. The van der Waals surface area contributed by atoms with Crippen molar-refractivity contribution >= 4 is 5.97 Å². The van der Waals surface area contributed by atoms with Gasteiger partial charge in [-0.2, -0.15) is 0 Å². The van der Waals surface area contributed by atoms with E-state index in [1.165, 1.54) is 25.7 Å². The van der Waals surface area contributed by atoms with E-state index >= 15 is 0 Å². The van der Waals surface area contributed by atoms with Crippen molar-refractivity contribution in [2.75, 3.05) is 13.2 Å². The molecular weight excluding hydrogens is 280 g/mol. The van der Waals surface area contributed by atoms with Crippen LogP contribution in [-0.2, 0) is 4.74 Å². The van der Waals surface area contributed by atoms with Crippen LogP contribution in [0.2, 0.25) is 0 Å². The molecule has 0 aliphatic carbocycles. The van der Waals surface area contributed by atoms with E-state index in [1.54, 1.807) is 24.3 Å². The number of rotatable bonds is 12. The van der Waals surface area contributed by atoms with Crippen molar-refractivity contribution in [3.05, 3.63) is 29.8 Å². The van der Waals surface area contributed by atoms with Gasteiger partial charge in [-0.05, 0) is 37.6 Å². The molecule has 4 nitrogen and oxygen atoms in total. The molecule has 1 rings (SSSR count). The third-order valence-electron chi connectivity index (χ3n) is 3.53. The summed E-state index contributed by atoms with van der Waals surface area (Å²) in [5.41, 5.74) is 0.271. The van der Waals surface area contributed by atoms with Gasteiger partial charge in [-0.1, -0.05) is 32.6 Å². The smallest absolute Gasteiger partial charge is 0.335 e. The number of ether oxygens (including phenoxy) is 2. The van der Waals surface area contributed by atoms with Gasteiger partial charge in [0.25, 0.3) is 0 Å². The fourth-order valence-electron chi connectivity index (χ4n) is 2.17. The van der Waals surface area contributed by atoms with Gasteiger partial charge in [-0.25, -0.2) is 4.79 Å². The Kier molecular flexibility index (Phi) is 9.31. The van der Waals surface area contributed by atoms with Crippen LogP contribution in [0, 0.1) is 0 Å². The molecule has 0 saturated carbocycles. The Morgan fingerprint density at radius 3 is 2.45 bits per heavy atom. The first-order valence-electron chi connectivity index (χ1n) is 8.21. The summed E-state index contributed by atoms with van der Waals surface area (Å²) in [4.78, 5) is 10.7. The summed E-state index contributed by atoms with van der Waals surface area (Å²) in [6, 6.07) is 6.46. The number of aromatic carboxylic acids is 1. The Bertz CT molecular complexity index is 414. The van der Waals surface area contributed by atoms with Crippen LogP contribution < -0.4 is 4.74 Å². The van der Waals surface area contributed by atoms with E-state index in [0.29, 0.717) is 25.1 Å². The highest BCUT2D eigenvalue weighted by Crippen LogP contribution is 2.13. The Hall–Kier alpha value is -1.55. The standard InChI is InChI=1S/C18H28O4/c1-3-4-5-6-8-15(2)21-13-7-14-22-17-11-9-16(10-12-17)18(19)20/h9-12,15H,3-8,13-14H2,1-2H3,(H,19,20). The Morgan fingerprint density at radius 1 is 1.09 bits per heavy atom. The van der Waals surface area contributed by atoms with Crippen molar-refractivity contribution in [1.29, 1.82) is 0 Å². The molecule has 0 aliphatic heterocycles. The predicted octanol–water partition coefficient (Wildman–Crippen LogP) is 4.53. The van der Waals surface area contributed by atoms with Crippen molar-refractivity contribution in [3.8, 4) is 5.75 Å². The lowest BCUT2D eigenvalue weighted by molar-refractivity contribution is 0.0507. The first-order chi connectivity index (χ1) is 10.6. The summed E-state index contributed by atoms with van der Waals surface area (Å²) < 4.78 is 11.3. The number of carboxylic acids is 1. The Balaban J connectivity index is 2.06. The van der Waals surface area contributed by atoms with E-state index in [4.69, 9.17) is 14.6 Å². The van der Waals surface area contributed by atoms with Gasteiger partial charge >= 0.3 is 5.97 Å². The van der Waals surface area contributed by atoms with Crippen LogP contribution in [0.5, 0.6) is 5.75 Å². The molecule has 22 heavy (non-hydrogen) atoms. The molecule has 0 fully saturated rings. The van der Waals surface area contributed by atoms with Crippen molar-refractivity contribution in [2.45, 2.75) is 58.5 Å². The Labute approximate surface area is 133 Å². The zero-order chi connectivity index (χ0) is 16.2. The lowest BCUT2D eigenvalue weighted by Gasteiger charge is -2.13. The number of hydrogen-bond donors (Lipinski definition) is 1. The van der Waals surface area contributed by atoms with Crippen LogP contribution in [-0.4, -0.2) is 30.4 Å². The highest BCUT2D eigenvalue weighted by Gasteiger charge is 2.03. The lowest BCUT2D eigenvalue weighted by atomic mass is 10.1. The van der Waals surface area contributed by atoms with Gasteiger partial charge in [0.1, 0.15) is 5.75 Å².